The number of carbonyl (C=O) groups excluding carboxylic acids is 1. The molecule has 2 amide bonds. The Bertz CT molecular complexity index is 1540. The Balaban J connectivity index is 1.51. The zero-order valence-corrected chi connectivity index (χ0v) is 23.8. The van der Waals surface area contributed by atoms with E-state index in [1.807, 2.05) is 25.9 Å². The van der Waals surface area contributed by atoms with Crippen molar-refractivity contribution >= 4 is 40.5 Å². The molecule has 0 radical (unpaired) electrons. The molecule has 0 fully saturated rings. The van der Waals surface area contributed by atoms with E-state index < -0.39 is 17.8 Å². The number of nitrogens with one attached hydrogen (secondary N) is 4. The number of aryl methyl sites for hydroxylation is 1. The molecule has 0 saturated heterocycles. The van der Waals surface area contributed by atoms with Crippen molar-refractivity contribution < 1.29 is 18.0 Å². The summed E-state index contributed by atoms with van der Waals surface area (Å²) in [5.41, 5.74) is 1.35. The Kier molecular flexibility index (Phi) is 9.10. The first-order chi connectivity index (χ1) is 19.9. The van der Waals surface area contributed by atoms with Gasteiger partial charge in [0.2, 0.25) is 5.95 Å². The van der Waals surface area contributed by atoms with Gasteiger partial charge in [0.25, 0.3) is 0 Å². The molecule has 15 heteroatoms. The van der Waals surface area contributed by atoms with E-state index in [0.29, 0.717) is 47.7 Å². The van der Waals surface area contributed by atoms with Gasteiger partial charge in [-0.05, 0) is 56.9 Å². The van der Waals surface area contributed by atoms with Crippen LogP contribution in [-0.2, 0) is 6.18 Å². The number of anilines is 6. The molecule has 0 atom stereocenters. The molecule has 0 aliphatic heterocycles. The summed E-state index contributed by atoms with van der Waals surface area (Å²) < 4.78 is 42.4. The molecule has 12 nitrogen and oxygen atoms in total. The summed E-state index contributed by atoms with van der Waals surface area (Å²) in [6.07, 6.45) is -1.81. The standard InChI is InChI=1S/C27H32F3N11O/c1-17-6-7-19(13-22(17)38-25-34-16-35-41(25)24-14-23(31-2)32-15-33-24)36-26(42)37-20-10-18(27(28,29)30)11-21(12-20)40(5)9-8-39(3)4/h6-7,10-16H,8-9H2,1-5H3,(H,31,32,33)(H,34,35,38)(H2,36,37,42). The SMILES string of the molecule is CNc1cc(-n2ncnc2Nc2cc(NC(=O)Nc3cc(N(C)CCN(C)C)cc(C(F)(F)F)c3)ccc2C)ncn1. The van der Waals surface area contributed by atoms with E-state index in [2.05, 4.69) is 41.3 Å². The zero-order valence-electron chi connectivity index (χ0n) is 23.8. The van der Waals surface area contributed by atoms with E-state index >= 15 is 0 Å². The molecule has 0 spiro atoms. The molecule has 2 heterocycles. The fourth-order valence-electron chi connectivity index (χ4n) is 3.89. The van der Waals surface area contributed by atoms with Crippen molar-refractivity contribution in [1.82, 2.24) is 29.6 Å². The van der Waals surface area contributed by atoms with Crippen LogP contribution in [-0.4, -0.2) is 76.9 Å². The average molecular weight is 584 g/mol. The molecule has 2 aromatic carbocycles. The predicted octanol–water partition coefficient (Wildman–Crippen LogP) is 4.81. The number of benzene rings is 2. The second-order valence-corrected chi connectivity index (χ2v) is 9.73. The Morgan fingerprint density at radius 1 is 0.929 bits per heavy atom. The molecule has 42 heavy (non-hydrogen) atoms. The quantitative estimate of drug-likeness (QED) is 0.208. The largest absolute Gasteiger partial charge is 0.416 e. The van der Waals surface area contributed by atoms with Crippen molar-refractivity contribution in [1.29, 1.82) is 0 Å². The van der Waals surface area contributed by atoms with Gasteiger partial charge in [-0.2, -0.15) is 27.9 Å². The zero-order chi connectivity index (χ0) is 30.4. The van der Waals surface area contributed by atoms with Gasteiger partial charge in [-0.15, -0.1) is 0 Å². The van der Waals surface area contributed by atoms with Gasteiger partial charge in [0.1, 0.15) is 18.5 Å². The fraction of sp³-hybridized carbons (Fsp3) is 0.296. The first-order valence-electron chi connectivity index (χ1n) is 12.9. The maximum atomic E-state index is 13.6. The van der Waals surface area contributed by atoms with Crippen LogP contribution in [0.1, 0.15) is 11.1 Å². The summed E-state index contributed by atoms with van der Waals surface area (Å²) in [4.78, 5) is 29.1. The van der Waals surface area contributed by atoms with Crippen LogP contribution in [0.3, 0.4) is 0 Å². The highest BCUT2D eigenvalue weighted by atomic mass is 19.4. The molecular formula is C27H32F3N11O. The van der Waals surface area contributed by atoms with E-state index in [0.717, 1.165) is 17.7 Å². The normalized spacial score (nSPS) is 11.4. The van der Waals surface area contributed by atoms with E-state index in [4.69, 9.17) is 0 Å². The topological polar surface area (TPSA) is 128 Å². The van der Waals surface area contributed by atoms with Crippen LogP contribution in [0, 0.1) is 6.92 Å². The lowest BCUT2D eigenvalue weighted by Gasteiger charge is -2.23. The van der Waals surface area contributed by atoms with Crippen molar-refractivity contribution in [2.24, 2.45) is 0 Å². The second kappa shape index (κ2) is 12.7. The molecule has 0 saturated carbocycles. The number of rotatable bonds is 10. The smallest absolute Gasteiger partial charge is 0.373 e. The number of urea groups is 1. The highest BCUT2D eigenvalue weighted by Gasteiger charge is 2.31. The Labute approximate surface area is 241 Å². The Hall–Kier alpha value is -4.92. The van der Waals surface area contributed by atoms with Crippen LogP contribution < -0.4 is 26.2 Å². The summed E-state index contributed by atoms with van der Waals surface area (Å²) in [6.45, 7) is 3.01. The minimum Gasteiger partial charge on any atom is -0.373 e. The van der Waals surface area contributed by atoms with Crippen LogP contribution in [0.15, 0.2) is 55.1 Å². The van der Waals surface area contributed by atoms with Crippen LogP contribution in [0.5, 0.6) is 0 Å². The van der Waals surface area contributed by atoms with Crippen molar-refractivity contribution in [3.05, 3.63) is 66.2 Å². The van der Waals surface area contributed by atoms with Gasteiger partial charge in [0.05, 0.1) is 5.56 Å². The molecule has 222 valence electrons. The van der Waals surface area contributed by atoms with E-state index in [1.165, 1.54) is 23.4 Å². The highest BCUT2D eigenvalue weighted by molar-refractivity contribution is 6.00. The third-order valence-electron chi connectivity index (χ3n) is 6.24. The van der Waals surface area contributed by atoms with Crippen LogP contribution >= 0.6 is 0 Å². The first-order valence-corrected chi connectivity index (χ1v) is 12.9. The fourth-order valence-corrected chi connectivity index (χ4v) is 3.89. The first kappa shape index (κ1) is 30.0. The highest BCUT2D eigenvalue weighted by Crippen LogP contribution is 2.34. The Morgan fingerprint density at radius 3 is 2.40 bits per heavy atom. The number of carbonyl (C=O) groups is 1. The number of aromatic nitrogens is 5. The second-order valence-electron chi connectivity index (χ2n) is 9.73. The van der Waals surface area contributed by atoms with Gasteiger partial charge in [-0.25, -0.2) is 14.8 Å². The minimum absolute atomic E-state index is 0.0124. The van der Waals surface area contributed by atoms with Gasteiger partial charge in [-0.3, -0.25) is 0 Å². The van der Waals surface area contributed by atoms with E-state index in [-0.39, 0.29) is 5.69 Å². The van der Waals surface area contributed by atoms with Gasteiger partial charge in [-0.1, -0.05) is 6.07 Å². The third-order valence-corrected chi connectivity index (χ3v) is 6.24. The molecule has 0 aliphatic carbocycles. The van der Waals surface area contributed by atoms with Crippen molar-refractivity contribution in [3.63, 3.8) is 0 Å². The molecule has 0 unspecified atom stereocenters. The summed E-state index contributed by atoms with van der Waals surface area (Å²) in [5.74, 6) is 1.45. The van der Waals surface area contributed by atoms with Crippen molar-refractivity contribution in [2.45, 2.75) is 13.1 Å². The molecule has 0 bridgehead atoms. The van der Waals surface area contributed by atoms with Gasteiger partial charge >= 0.3 is 12.2 Å². The summed E-state index contributed by atoms with van der Waals surface area (Å²) in [7, 11) is 7.20. The maximum Gasteiger partial charge on any atom is 0.416 e. The molecule has 4 aromatic rings. The average Bonchev–Trinajstić information content (AvgIpc) is 3.41. The molecular weight excluding hydrogens is 551 g/mol. The number of alkyl halides is 3. The van der Waals surface area contributed by atoms with Crippen LogP contribution in [0.2, 0.25) is 0 Å². The monoisotopic (exact) mass is 583 g/mol. The maximum absolute atomic E-state index is 13.6. The molecule has 0 aliphatic rings. The number of hydrogen-bond donors (Lipinski definition) is 4. The van der Waals surface area contributed by atoms with Crippen LogP contribution in [0.25, 0.3) is 5.82 Å². The van der Waals surface area contributed by atoms with Gasteiger partial charge in [0.15, 0.2) is 5.82 Å². The lowest BCUT2D eigenvalue weighted by molar-refractivity contribution is -0.137. The predicted molar refractivity (Wildman–Crippen MR) is 157 cm³/mol. The number of amides is 2. The lowest BCUT2D eigenvalue weighted by atomic mass is 10.1. The summed E-state index contributed by atoms with van der Waals surface area (Å²) >= 11 is 0. The van der Waals surface area contributed by atoms with Gasteiger partial charge < -0.3 is 31.1 Å². The molecule has 2 aromatic heterocycles. The number of nitrogens with zero attached hydrogens (tertiary/aromatic N) is 7. The molecule has 4 N–H and O–H groups in total. The number of hydrogen-bond acceptors (Lipinski definition) is 9. The third kappa shape index (κ3) is 7.63. The summed E-state index contributed by atoms with van der Waals surface area (Å²) in [5, 5.41) is 15.6. The van der Waals surface area contributed by atoms with Gasteiger partial charge in [0, 0.05) is 56.0 Å². The minimum atomic E-state index is -4.58. The number of halogens is 3. The Morgan fingerprint density at radius 2 is 1.69 bits per heavy atom. The lowest BCUT2D eigenvalue weighted by Crippen LogP contribution is -2.29. The van der Waals surface area contributed by atoms with E-state index in [9.17, 15) is 18.0 Å². The molecule has 4 rings (SSSR count). The van der Waals surface area contributed by atoms with Crippen LogP contribution in [0.4, 0.5) is 52.5 Å². The number of likely N-dealkylation sites (N-methyl/N-ethyl adjacent to an activating group) is 2. The summed E-state index contributed by atoms with van der Waals surface area (Å²) in [6, 6.07) is 9.63. The van der Waals surface area contributed by atoms with Crippen molar-refractivity contribution in [3.8, 4) is 5.82 Å². The van der Waals surface area contributed by atoms with E-state index in [1.54, 1.807) is 43.3 Å². The van der Waals surface area contributed by atoms with Crippen molar-refractivity contribution in [2.75, 3.05) is 67.4 Å².